The molecular formula is C26H30N4O3. The fourth-order valence-corrected chi connectivity index (χ4v) is 4.16. The number of hydrogen-bond donors (Lipinski definition) is 3. The number of carbonyl (C=O) groups is 2. The van der Waals surface area contributed by atoms with Crippen molar-refractivity contribution in [2.24, 2.45) is 5.92 Å². The molecule has 1 atom stereocenters. The van der Waals surface area contributed by atoms with Gasteiger partial charge in [-0.05, 0) is 63.9 Å². The highest BCUT2D eigenvalue weighted by molar-refractivity contribution is 6.07. The first-order chi connectivity index (χ1) is 15.8. The van der Waals surface area contributed by atoms with Crippen molar-refractivity contribution in [2.75, 3.05) is 18.4 Å². The number of Topliss-reactive ketones (excluding diaryl/α,β-unsaturated/α-hetero) is 1. The minimum atomic E-state index is -0.510. The van der Waals surface area contributed by atoms with Crippen LogP contribution in [0, 0.1) is 5.92 Å². The van der Waals surface area contributed by atoms with Gasteiger partial charge < -0.3 is 20.4 Å². The minimum absolute atomic E-state index is 0.0929. The minimum Gasteiger partial charge on any atom is -0.459 e. The Bertz CT molecular complexity index is 1120. The number of nitrogens with one attached hydrogen (secondary N) is 3. The van der Waals surface area contributed by atoms with E-state index in [0.717, 1.165) is 34.7 Å². The fraction of sp³-hybridized carbons (Fsp3) is 0.346. The molecule has 3 N–H and O–H groups in total. The summed E-state index contributed by atoms with van der Waals surface area (Å²) < 4.78 is 5.34. The Labute approximate surface area is 194 Å². The Morgan fingerprint density at radius 1 is 1.12 bits per heavy atom. The van der Waals surface area contributed by atoms with Crippen molar-refractivity contribution in [3.63, 3.8) is 0 Å². The summed E-state index contributed by atoms with van der Waals surface area (Å²) in [5.41, 5.74) is 4.68. The van der Waals surface area contributed by atoms with Crippen LogP contribution in [-0.4, -0.2) is 40.4 Å². The number of nitrogens with zero attached hydrogens (tertiary/aromatic N) is 1. The zero-order valence-electron chi connectivity index (χ0n) is 19.3. The Hall–Kier alpha value is -3.45. The molecule has 7 heteroatoms. The molecule has 0 saturated heterocycles. The Kier molecular flexibility index (Phi) is 6.60. The molecule has 1 aliphatic rings. The number of H-pyrrole nitrogens is 1. The average molecular weight is 447 g/mol. The predicted octanol–water partition coefficient (Wildman–Crippen LogP) is 4.50. The number of ether oxygens (including phenoxy) is 1. The van der Waals surface area contributed by atoms with Crippen molar-refractivity contribution in [1.82, 2.24) is 15.3 Å². The topological polar surface area (TPSA) is 96.1 Å². The van der Waals surface area contributed by atoms with Crippen LogP contribution in [0.25, 0.3) is 11.3 Å². The molecule has 2 heterocycles. The van der Waals surface area contributed by atoms with Crippen molar-refractivity contribution in [2.45, 2.75) is 39.2 Å². The molecule has 0 amide bonds. The van der Waals surface area contributed by atoms with E-state index in [4.69, 9.17) is 4.74 Å². The monoisotopic (exact) mass is 446 g/mol. The molecule has 1 unspecified atom stereocenters. The van der Waals surface area contributed by atoms with Crippen molar-refractivity contribution in [1.29, 1.82) is 0 Å². The van der Waals surface area contributed by atoms with E-state index in [-0.39, 0.29) is 24.2 Å². The largest absolute Gasteiger partial charge is 0.459 e. The van der Waals surface area contributed by atoms with Crippen LogP contribution in [0.4, 0.5) is 11.4 Å². The van der Waals surface area contributed by atoms with Gasteiger partial charge in [0.25, 0.3) is 0 Å². The van der Waals surface area contributed by atoms with Crippen LogP contribution in [-0.2, 0) is 16.0 Å². The summed E-state index contributed by atoms with van der Waals surface area (Å²) in [6.07, 6.45) is 4.63. The van der Waals surface area contributed by atoms with E-state index in [1.807, 2.05) is 63.2 Å². The van der Waals surface area contributed by atoms with Gasteiger partial charge in [-0.15, -0.1) is 0 Å². The van der Waals surface area contributed by atoms with Crippen LogP contribution in [0.5, 0.6) is 0 Å². The zero-order valence-corrected chi connectivity index (χ0v) is 19.3. The second kappa shape index (κ2) is 9.58. The van der Waals surface area contributed by atoms with Gasteiger partial charge in [0.15, 0.2) is 5.78 Å². The third-order valence-corrected chi connectivity index (χ3v) is 5.46. The molecule has 1 aliphatic carbocycles. The number of carbonyl (C=O) groups excluding carboxylic acids is 2. The quantitative estimate of drug-likeness (QED) is 0.463. The summed E-state index contributed by atoms with van der Waals surface area (Å²) in [7, 11) is 0. The van der Waals surface area contributed by atoms with Gasteiger partial charge in [0.2, 0.25) is 0 Å². The molecule has 1 aromatic carbocycles. The highest BCUT2D eigenvalue weighted by Gasteiger charge is 2.31. The first-order valence-electron chi connectivity index (χ1n) is 11.2. The second-order valence-corrected chi connectivity index (χ2v) is 9.37. The molecule has 4 rings (SSSR count). The third-order valence-electron chi connectivity index (χ3n) is 5.46. The van der Waals surface area contributed by atoms with Gasteiger partial charge in [0.1, 0.15) is 5.60 Å². The van der Waals surface area contributed by atoms with E-state index >= 15 is 0 Å². The molecule has 2 aromatic heterocycles. The van der Waals surface area contributed by atoms with Gasteiger partial charge in [-0.1, -0.05) is 18.2 Å². The van der Waals surface area contributed by atoms with E-state index in [1.165, 1.54) is 0 Å². The third kappa shape index (κ3) is 5.68. The van der Waals surface area contributed by atoms with Crippen LogP contribution >= 0.6 is 0 Å². The van der Waals surface area contributed by atoms with E-state index in [9.17, 15) is 9.59 Å². The number of ketones is 1. The number of esters is 1. The Balaban J connectivity index is 1.54. The molecule has 7 nitrogen and oxygen atoms in total. The number of aromatic nitrogens is 2. The lowest BCUT2D eigenvalue weighted by molar-refractivity contribution is -0.153. The van der Waals surface area contributed by atoms with Crippen LogP contribution in [0.3, 0.4) is 0 Å². The van der Waals surface area contributed by atoms with E-state index in [1.54, 1.807) is 12.4 Å². The van der Waals surface area contributed by atoms with Crippen molar-refractivity contribution >= 4 is 23.1 Å². The summed E-state index contributed by atoms with van der Waals surface area (Å²) in [5, 5.41) is 6.61. The fourth-order valence-electron chi connectivity index (χ4n) is 4.16. The summed E-state index contributed by atoms with van der Waals surface area (Å²) in [4.78, 5) is 32.8. The van der Waals surface area contributed by atoms with Crippen molar-refractivity contribution in [3.05, 3.63) is 66.1 Å². The van der Waals surface area contributed by atoms with Crippen LogP contribution < -0.4 is 10.6 Å². The number of rotatable bonds is 7. The van der Waals surface area contributed by atoms with Crippen LogP contribution in [0.1, 0.15) is 43.2 Å². The number of pyridine rings is 1. The molecule has 172 valence electrons. The number of para-hydroxylation sites is 1. The molecule has 0 aliphatic heterocycles. The van der Waals surface area contributed by atoms with E-state index in [2.05, 4.69) is 20.6 Å². The SMILES string of the molecule is CC(C)(C)OC(=O)CNCC1CC(=O)c2c([nH]c(-c3ccncc3)c2Nc2ccccc2)C1. The maximum Gasteiger partial charge on any atom is 0.320 e. The van der Waals surface area contributed by atoms with Gasteiger partial charge in [-0.3, -0.25) is 14.6 Å². The van der Waals surface area contributed by atoms with E-state index < -0.39 is 5.60 Å². The normalized spacial score (nSPS) is 15.7. The number of fused-ring (bicyclic) bond motifs is 1. The van der Waals surface area contributed by atoms with Gasteiger partial charge in [-0.25, -0.2) is 0 Å². The lowest BCUT2D eigenvalue weighted by Gasteiger charge is -2.23. The molecule has 0 bridgehead atoms. The molecule has 3 aromatic rings. The highest BCUT2D eigenvalue weighted by Crippen LogP contribution is 2.39. The van der Waals surface area contributed by atoms with Gasteiger partial charge >= 0.3 is 5.97 Å². The van der Waals surface area contributed by atoms with Crippen LogP contribution in [0.15, 0.2) is 54.9 Å². The maximum absolute atomic E-state index is 13.2. The lowest BCUT2D eigenvalue weighted by atomic mass is 9.86. The zero-order chi connectivity index (χ0) is 23.4. The summed E-state index contributed by atoms with van der Waals surface area (Å²) >= 11 is 0. The summed E-state index contributed by atoms with van der Waals surface area (Å²) in [6.45, 7) is 6.23. The number of aromatic amines is 1. The van der Waals surface area contributed by atoms with Gasteiger partial charge in [0, 0.05) is 35.8 Å². The van der Waals surface area contributed by atoms with Crippen molar-refractivity contribution in [3.8, 4) is 11.3 Å². The average Bonchev–Trinajstić information content (AvgIpc) is 3.12. The molecular weight excluding hydrogens is 416 g/mol. The molecule has 0 saturated carbocycles. The predicted molar refractivity (Wildman–Crippen MR) is 129 cm³/mol. The molecule has 33 heavy (non-hydrogen) atoms. The molecule has 0 spiro atoms. The summed E-state index contributed by atoms with van der Waals surface area (Å²) in [5.74, 6) is -0.101. The number of hydrogen-bond acceptors (Lipinski definition) is 6. The smallest absolute Gasteiger partial charge is 0.320 e. The van der Waals surface area contributed by atoms with Gasteiger partial charge in [-0.2, -0.15) is 0 Å². The number of anilines is 2. The maximum atomic E-state index is 13.2. The first kappa shape index (κ1) is 22.7. The molecule has 0 fully saturated rings. The number of benzene rings is 1. The molecule has 0 radical (unpaired) electrons. The highest BCUT2D eigenvalue weighted by atomic mass is 16.6. The van der Waals surface area contributed by atoms with Crippen LogP contribution in [0.2, 0.25) is 0 Å². The standard InChI is InChI=1S/C26H30N4O3/c1-26(2,3)33-22(32)16-28-15-17-13-20-23(21(31)14-17)25(29-19-7-5-4-6-8-19)24(30-20)18-9-11-27-12-10-18/h4-12,17,28-30H,13-16H2,1-3H3. The van der Waals surface area contributed by atoms with E-state index in [0.29, 0.717) is 18.5 Å². The lowest BCUT2D eigenvalue weighted by Crippen LogP contribution is -2.35. The Morgan fingerprint density at radius 3 is 2.55 bits per heavy atom. The first-order valence-corrected chi connectivity index (χ1v) is 11.2. The Morgan fingerprint density at radius 2 is 1.85 bits per heavy atom. The second-order valence-electron chi connectivity index (χ2n) is 9.37. The summed E-state index contributed by atoms with van der Waals surface area (Å²) in [6, 6.07) is 13.7. The van der Waals surface area contributed by atoms with Crippen molar-refractivity contribution < 1.29 is 14.3 Å². The van der Waals surface area contributed by atoms with Gasteiger partial charge in [0.05, 0.1) is 23.5 Å².